The fourth-order valence-electron chi connectivity index (χ4n) is 2.51. The Morgan fingerprint density at radius 2 is 1.91 bits per heavy atom. The lowest BCUT2D eigenvalue weighted by molar-refractivity contribution is -0.384. The van der Waals surface area contributed by atoms with E-state index < -0.39 is 23.6 Å². The fraction of sp³-hybridized carbons (Fsp3) is 0.500. The van der Waals surface area contributed by atoms with Gasteiger partial charge in [0.15, 0.2) is 0 Å². The lowest BCUT2D eigenvalue weighted by atomic mass is 10.1. The van der Waals surface area contributed by atoms with Crippen LogP contribution in [0.5, 0.6) is 0 Å². The van der Waals surface area contributed by atoms with Crippen LogP contribution in [0.2, 0.25) is 0 Å². The number of alkyl halides is 3. The number of rotatable bonds is 4. The molecule has 1 aliphatic heterocycles. The van der Waals surface area contributed by atoms with Crippen LogP contribution in [0.1, 0.15) is 29.6 Å². The first-order valence-corrected chi connectivity index (χ1v) is 7.16. The van der Waals surface area contributed by atoms with Gasteiger partial charge in [-0.15, -0.1) is 0 Å². The zero-order valence-corrected chi connectivity index (χ0v) is 12.2. The normalized spacial score (nSPS) is 15.3. The average Bonchev–Trinajstić information content (AvgIpc) is 2.52. The first kappa shape index (κ1) is 17.0. The van der Waals surface area contributed by atoms with Gasteiger partial charge in [-0.2, -0.15) is 13.2 Å². The highest BCUT2D eigenvalue weighted by molar-refractivity contribution is 6.00. The van der Waals surface area contributed by atoms with Crippen molar-refractivity contribution in [1.82, 2.24) is 5.32 Å². The third kappa shape index (κ3) is 4.57. The molecule has 0 spiro atoms. The van der Waals surface area contributed by atoms with E-state index in [0.29, 0.717) is 18.8 Å². The van der Waals surface area contributed by atoms with Crippen LogP contribution in [-0.4, -0.2) is 36.6 Å². The van der Waals surface area contributed by atoms with Crippen molar-refractivity contribution in [2.24, 2.45) is 0 Å². The molecule has 1 heterocycles. The van der Waals surface area contributed by atoms with E-state index in [2.05, 4.69) is 0 Å². The monoisotopic (exact) mass is 331 g/mol. The van der Waals surface area contributed by atoms with Crippen LogP contribution in [0.3, 0.4) is 0 Å². The predicted octanol–water partition coefficient (Wildman–Crippen LogP) is 2.88. The molecule has 126 valence electrons. The Balaban J connectivity index is 2.30. The molecule has 1 N–H and O–H groups in total. The first-order chi connectivity index (χ1) is 10.8. The van der Waals surface area contributed by atoms with Crippen molar-refractivity contribution < 1.29 is 22.9 Å². The summed E-state index contributed by atoms with van der Waals surface area (Å²) in [6.45, 7) is -0.150. The molecule has 6 nitrogen and oxygen atoms in total. The minimum absolute atomic E-state index is 0.106. The van der Waals surface area contributed by atoms with Gasteiger partial charge in [-0.05, 0) is 25.3 Å². The largest absolute Gasteiger partial charge is 0.405 e. The van der Waals surface area contributed by atoms with Crippen LogP contribution >= 0.6 is 0 Å². The molecule has 0 atom stereocenters. The standard InChI is InChI=1S/C14H16F3N3O3/c15-14(16,17)9-18-13(21)11-8-10(20(22)23)4-5-12(11)19-6-2-1-3-7-19/h4-5,8H,1-3,6-7,9H2,(H,18,21). The summed E-state index contributed by atoms with van der Waals surface area (Å²) >= 11 is 0. The smallest absolute Gasteiger partial charge is 0.371 e. The number of carbonyl (C=O) groups is 1. The molecule has 0 unspecified atom stereocenters. The maximum Gasteiger partial charge on any atom is 0.405 e. The van der Waals surface area contributed by atoms with Gasteiger partial charge >= 0.3 is 6.18 Å². The molecule has 23 heavy (non-hydrogen) atoms. The number of non-ortho nitro benzene ring substituents is 1. The zero-order valence-electron chi connectivity index (χ0n) is 12.2. The highest BCUT2D eigenvalue weighted by Gasteiger charge is 2.29. The molecule has 1 aromatic rings. The summed E-state index contributed by atoms with van der Waals surface area (Å²) in [5, 5.41) is 12.6. The van der Waals surface area contributed by atoms with Crippen LogP contribution in [0.15, 0.2) is 18.2 Å². The van der Waals surface area contributed by atoms with Crippen molar-refractivity contribution in [3.8, 4) is 0 Å². The summed E-state index contributed by atoms with van der Waals surface area (Å²) in [6.07, 6.45) is -1.69. The Hall–Kier alpha value is -2.32. The van der Waals surface area contributed by atoms with Crippen molar-refractivity contribution in [1.29, 1.82) is 0 Å². The number of benzene rings is 1. The average molecular weight is 331 g/mol. The van der Waals surface area contributed by atoms with E-state index in [-0.39, 0.29) is 11.3 Å². The zero-order chi connectivity index (χ0) is 17.0. The van der Waals surface area contributed by atoms with Crippen LogP contribution in [0.25, 0.3) is 0 Å². The van der Waals surface area contributed by atoms with E-state index >= 15 is 0 Å². The van der Waals surface area contributed by atoms with Crippen molar-refractivity contribution in [2.45, 2.75) is 25.4 Å². The van der Waals surface area contributed by atoms with Crippen molar-refractivity contribution in [3.63, 3.8) is 0 Å². The van der Waals surface area contributed by atoms with E-state index in [0.717, 1.165) is 25.3 Å². The number of halogens is 3. The number of carbonyl (C=O) groups excluding carboxylic acids is 1. The Bertz CT molecular complexity index is 599. The van der Waals surface area contributed by atoms with Gasteiger partial charge in [0, 0.05) is 25.2 Å². The van der Waals surface area contributed by atoms with E-state index in [9.17, 15) is 28.1 Å². The van der Waals surface area contributed by atoms with Gasteiger partial charge in [0.1, 0.15) is 6.54 Å². The second-order valence-corrected chi connectivity index (χ2v) is 5.30. The third-order valence-electron chi connectivity index (χ3n) is 3.58. The van der Waals surface area contributed by atoms with Crippen LogP contribution in [0, 0.1) is 10.1 Å². The fourth-order valence-corrected chi connectivity index (χ4v) is 2.51. The van der Waals surface area contributed by atoms with E-state index in [1.165, 1.54) is 12.1 Å². The van der Waals surface area contributed by atoms with Crippen LogP contribution < -0.4 is 10.2 Å². The van der Waals surface area contributed by atoms with Crippen molar-refractivity contribution >= 4 is 17.3 Å². The lowest BCUT2D eigenvalue weighted by Gasteiger charge is -2.30. The SMILES string of the molecule is O=C(NCC(F)(F)F)c1cc([N+](=O)[O-])ccc1N1CCCCC1. The molecule has 0 saturated carbocycles. The molecule has 9 heteroatoms. The number of nitrogens with zero attached hydrogens (tertiary/aromatic N) is 2. The van der Waals surface area contributed by atoms with Gasteiger partial charge in [0.25, 0.3) is 11.6 Å². The van der Waals surface area contributed by atoms with Crippen LogP contribution in [-0.2, 0) is 0 Å². The number of nitro benzene ring substituents is 1. The molecule has 2 rings (SSSR count). The Kier molecular flexibility index (Phi) is 5.07. The van der Waals surface area contributed by atoms with E-state index in [1.54, 1.807) is 5.32 Å². The number of hydrogen-bond donors (Lipinski definition) is 1. The molecule has 0 bridgehead atoms. The Morgan fingerprint density at radius 1 is 1.26 bits per heavy atom. The van der Waals surface area contributed by atoms with Gasteiger partial charge in [0.05, 0.1) is 16.2 Å². The topological polar surface area (TPSA) is 75.5 Å². The van der Waals surface area contributed by atoms with Gasteiger partial charge in [-0.25, -0.2) is 0 Å². The minimum atomic E-state index is -4.54. The summed E-state index contributed by atoms with van der Waals surface area (Å²) in [6, 6.07) is 3.70. The van der Waals surface area contributed by atoms with Crippen molar-refractivity contribution in [3.05, 3.63) is 33.9 Å². The third-order valence-corrected chi connectivity index (χ3v) is 3.58. The quantitative estimate of drug-likeness (QED) is 0.680. The van der Waals surface area contributed by atoms with Gasteiger partial charge in [-0.1, -0.05) is 0 Å². The van der Waals surface area contributed by atoms with Crippen LogP contribution in [0.4, 0.5) is 24.5 Å². The molecule has 1 fully saturated rings. The van der Waals surface area contributed by atoms with E-state index in [1.807, 2.05) is 4.90 Å². The lowest BCUT2D eigenvalue weighted by Crippen LogP contribution is -2.36. The number of nitrogens with one attached hydrogen (secondary N) is 1. The first-order valence-electron chi connectivity index (χ1n) is 7.16. The highest BCUT2D eigenvalue weighted by Crippen LogP contribution is 2.28. The minimum Gasteiger partial charge on any atom is -0.371 e. The molecular formula is C14H16F3N3O3. The maximum absolute atomic E-state index is 12.3. The highest BCUT2D eigenvalue weighted by atomic mass is 19.4. The number of anilines is 1. The Morgan fingerprint density at radius 3 is 2.48 bits per heavy atom. The number of amides is 1. The second-order valence-electron chi connectivity index (χ2n) is 5.30. The number of hydrogen-bond acceptors (Lipinski definition) is 4. The van der Waals surface area contributed by atoms with Gasteiger partial charge < -0.3 is 10.2 Å². The molecule has 1 saturated heterocycles. The summed E-state index contributed by atoms with van der Waals surface area (Å²) in [4.78, 5) is 24.1. The number of nitro groups is 1. The number of piperidine rings is 1. The summed E-state index contributed by atoms with van der Waals surface area (Å²) in [5.74, 6) is -0.966. The van der Waals surface area contributed by atoms with Gasteiger partial charge in [-0.3, -0.25) is 14.9 Å². The van der Waals surface area contributed by atoms with Gasteiger partial charge in [0.2, 0.25) is 0 Å². The molecule has 0 aromatic heterocycles. The summed E-state index contributed by atoms with van der Waals surface area (Å²) in [5.41, 5.74) is -0.0109. The molecule has 0 radical (unpaired) electrons. The molecule has 1 amide bonds. The van der Waals surface area contributed by atoms with E-state index in [4.69, 9.17) is 0 Å². The summed E-state index contributed by atoms with van der Waals surface area (Å²) in [7, 11) is 0. The molecule has 1 aromatic carbocycles. The van der Waals surface area contributed by atoms with Crippen molar-refractivity contribution in [2.75, 3.05) is 24.5 Å². The molecular weight excluding hydrogens is 315 g/mol. The second kappa shape index (κ2) is 6.84. The molecule has 0 aliphatic carbocycles. The Labute approximate surface area is 130 Å². The predicted molar refractivity (Wildman–Crippen MR) is 77.5 cm³/mol. The maximum atomic E-state index is 12.3. The molecule has 1 aliphatic rings. The summed E-state index contributed by atoms with van der Waals surface area (Å²) < 4.78 is 36.8.